The highest BCUT2D eigenvalue weighted by Gasteiger charge is 2.21. The Balaban J connectivity index is 1.75. The van der Waals surface area contributed by atoms with E-state index in [4.69, 9.17) is 4.74 Å². The molecule has 152 valence electrons. The van der Waals surface area contributed by atoms with Crippen molar-refractivity contribution in [3.05, 3.63) is 54.2 Å². The number of nitrogens with one attached hydrogen (secondary N) is 4. The van der Waals surface area contributed by atoms with Crippen molar-refractivity contribution in [2.75, 3.05) is 6.61 Å². The smallest absolute Gasteiger partial charge is 0.131 e. The number of ether oxygens (including phenoxy) is 1. The van der Waals surface area contributed by atoms with Crippen molar-refractivity contribution in [1.82, 2.24) is 36.5 Å². The van der Waals surface area contributed by atoms with Gasteiger partial charge in [-0.2, -0.15) is 11.1 Å². The van der Waals surface area contributed by atoms with Gasteiger partial charge in [0.25, 0.3) is 0 Å². The summed E-state index contributed by atoms with van der Waals surface area (Å²) in [6.07, 6.45) is 5.27. The lowest BCUT2D eigenvalue weighted by molar-refractivity contribution is 0.309. The summed E-state index contributed by atoms with van der Waals surface area (Å²) in [7, 11) is 1.91. The van der Waals surface area contributed by atoms with Crippen LogP contribution in [0.15, 0.2) is 42.9 Å². The molecule has 1 aromatic carbocycles. The molecule has 8 nitrogen and oxygen atoms in total. The molecule has 29 heavy (non-hydrogen) atoms. The minimum Gasteiger partial charge on any atom is -0.493 e. The van der Waals surface area contributed by atoms with E-state index in [9.17, 15) is 4.39 Å². The first kappa shape index (κ1) is 19.5. The maximum atomic E-state index is 13.9. The van der Waals surface area contributed by atoms with Crippen molar-refractivity contribution in [2.24, 2.45) is 7.05 Å². The van der Waals surface area contributed by atoms with Crippen molar-refractivity contribution >= 4 is 0 Å². The minimum atomic E-state index is -0.331. The third-order valence-corrected chi connectivity index (χ3v) is 4.75. The molecule has 0 aliphatic carbocycles. The van der Waals surface area contributed by atoms with E-state index in [0.717, 1.165) is 35.4 Å². The second-order valence-corrected chi connectivity index (χ2v) is 6.84. The van der Waals surface area contributed by atoms with Gasteiger partial charge >= 0.3 is 0 Å². The van der Waals surface area contributed by atoms with Gasteiger partial charge in [0.1, 0.15) is 23.4 Å². The predicted octanol–water partition coefficient (Wildman–Crippen LogP) is 2.58. The molecule has 2 aromatic heterocycles. The number of nitrogens with zero attached hydrogens (tertiary/aromatic N) is 3. The average Bonchev–Trinajstić information content (AvgIpc) is 3.39. The summed E-state index contributed by atoms with van der Waals surface area (Å²) >= 11 is 0. The Bertz CT molecular complexity index is 985. The van der Waals surface area contributed by atoms with Crippen molar-refractivity contribution in [1.29, 1.82) is 0 Å². The van der Waals surface area contributed by atoms with Gasteiger partial charge in [-0.05, 0) is 36.2 Å². The van der Waals surface area contributed by atoms with Crippen LogP contribution in [0.2, 0.25) is 0 Å². The molecule has 9 heteroatoms. The van der Waals surface area contributed by atoms with Crippen LogP contribution in [-0.2, 0) is 7.05 Å². The van der Waals surface area contributed by atoms with Crippen LogP contribution in [0.4, 0.5) is 4.39 Å². The molecule has 1 saturated heterocycles. The number of imidazole rings is 1. The number of rotatable bonds is 7. The highest BCUT2D eigenvalue weighted by atomic mass is 19.1. The first-order valence-electron chi connectivity index (χ1n) is 9.58. The Morgan fingerprint density at radius 3 is 2.76 bits per heavy atom. The van der Waals surface area contributed by atoms with Crippen molar-refractivity contribution in [3.63, 3.8) is 0 Å². The molecule has 3 heterocycles. The largest absolute Gasteiger partial charge is 0.493 e. The topological polar surface area (TPSA) is 88.1 Å². The summed E-state index contributed by atoms with van der Waals surface area (Å²) in [6, 6.07) is 8.48. The molecule has 1 aliphatic heterocycles. The van der Waals surface area contributed by atoms with Crippen molar-refractivity contribution in [2.45, 2.75) is 25.9 Å². The molecule has 4 rings (SSSR count). The number of benzene rings is 1. The Hall–Kier alpha value is -2.85. The second-order valence-electron chi connectivity index (χ2n) is 6.84. The van der Waals surface area contributed by atoms with E-state index in [1.165, 1.54) is 12.1 Å². The summed E-state index contributed by atoms with van der Waals surface area (Å²) in [6.45, 7) is 2.62. The molecule has 0 atom stereocenters. The second kappa shape index (κ2) is 8.66. The van der Waals surface area contributed by atoms with Crippen molar-refractivity contribution < 1.29 is 9.13 Å². The Kier molecular flexibility index (Phi) is 5.81. The fourth-order valence-electron chi connectivity index (χ4n) is 3.25. The van der Waals surface area contributed by atoms with Crippen LogP contribution >= 0.6 is 0 Å². The van der Waals surface area contributed by atoms with Crippen LogP contribution in [0.1, 0.15) is 31.5 Å². The monoisotopic (exact) mass is 397 g/mol. The highest BCUT2D eigenvalue weighted by Crippen LogP contribution is 2.36. The van der Waals surface area contributed by atoms with Crippen LogP contribution in [0.5, 0.6) is 5.75 Å². The molecule has 0 radical (unpaired) electrons. The van der Waals surface area contributed by atoms with Gasteiger partial charge in [-0.3, -0.25) is 4.98 Å². The molecular weight excluding hydrogens is 373 g/mol. The molecule has 1 fully saturated rings. The van der Waals surface area contributed by atoms with Crippen molar-refractivity contribution in [3.8, 4) is 28.4 Å². The first-order valence-corrected chi connectivity index (χ1v) is 9.58. The maximum Gasteiger partial charge on any atom is 0.131 e. The fraction of sp³-hybridized carbons (Fsp3) is 0.300. The predicted molar refractivity (Wildman–Crippen MR) is 108 cm³/mol. The highest BCUT2D eigenvalue weighted by molar-refractivity contribution is 5.80. The molecule has 0 spiro atoms. The van der Waals surface area contributed by atoms with Gasteiger partial charge in [-0.25, -0.2) is 20.2 Å². The first-order chi connectivity index (χ1) is 14.2. The zero-order valence-corrected chi connectivity index (χ0v) is 16.4. The lowest BCUT2D eigenvalue weighted by Gasteiger charge is -2.14. The van der Waals surface area contributed by atoms with E-state index in [2.05, 4.69) is 38.8 Å². The number of pyridine rings is 1. The van der Waals surface area contributed by atoms with E-state index >= 15 is 0 Å². The van der Waals surface area contributed by atoms with Gasteiger partial charge in [-0.15, -0.1) is 0 Å². The van der Waals surface area contributed by atoms with Gasteiger partial charge in [-0.1, -0.05) is 13.3 Å². The summed E-state index contributed by atoms with van der Waals surface area (Å²) in [5, 5.41) is 0. The van der Waals surface area contributed by atoms with Gasteiger partial charge in [0.2, 0.25) is 0 Å². The minimum absolute atomic E-state index is 0.109. The van der Waals surface area contributed by atoms with E-state index in [0.29, 0.717) is 18.1 Å². The number of hydrogen-bond donors (Lipinski definition) is 4. The number of halogens is 1. The normalized spacial score (nSPS) is 14.4. The van der Waals surface area contributed by atoms with Crippen LogP contribution in [0.25, 0.3) is 22.6 Å². The molecule has 1 aliphatic rings. The Morgan fingerprint density at radius 1 is 1.14 bits per heavy atom. The number of aryl methyl sites for hydroxylation is 1. The summed E-state index contributed by atoms with van der Waals surface area (Å²) in [4.78, 5) is 9.09. The lowest BCUT2D eigenvalue weighted by atomic mass is 10.0. The van der Waals surface area contributed by atoms with E-state index in [1.807, 2.05) is 23.7 Å². The SMILES string of the molecule is CCCCOc1cc(F)ccc1-c1c(-c2cc(C3NNNN3)ccn2)ncn1C. The summed E-state index contributed by atoms with van der Waals surface area (Å²) < 4.78 is 21.7. The quantitative estimate of drug-likeness (QED) is 0.456. The zero-order chi connectivity index (χ0) is 20.2. The maximum absolute atomic E-state index is 13.9. The van der Waals surface area contributed by atoms with Gasteiger partial charge in [0.05, 0.1) is 24.3 Å². The molecule has 4 N–H and O–H groups in total. The van der Waals surface area contributed by atoms with E-state index < -0.39 is 0 Å². The van der Waals surface area contributed by atoms with Crippen LogP contribution in [0, 0.1) is 5.82 Å². The van der Waals surface area contributed by atoms with Gasteiger partial charge in [0, 0.05) is 24.9 Å². The zero-order valence-electron chi connectivity index (χ0n) is 16.4. The number of hydrogen-bond acceptors (Lipinski definition) is 7. The molecule has 0 saturated carbocycles. The standard InChI is InChI=1S/C20H24FN7O/c1-3-4-9-29-17-11-14(21)5-6-15(17)19-18(23-12-28(19)2)16-10-13(7-8-22-16)20-24-26-27-25-20/h5-8,10-12,20,24-27H,3-4,9H2,1-2H3. The molecule has 3 aromatic rings. The Morgan fingerprint density at radius 2 is 1.97 bits per heavy atom. The summed E-state index contributed by atoms with van der Waals surface area (Å²) in [5.74, 6) is 0.175. The third kappa shape index (κ3) is 4.13. The summed E-state index contributed by atoms with van der Waals surface area (Å²) in [5.41, 5.74) is 15.8. The van der Waals surface area contributed by atoms with Gasteiger partial charge in [0.15, 0.2) is 0 Å². The Labute approximate surface area is 168 Å². The van der Waals surface area contributed by atoms with Crippen LogP contribution in [0.3, 0.4) is 0 Å². The molecule has 0 unspecified atom stereocenters. The number of aromatic nitrogens is 3. The van der Waals surface area contributed by atoms with Gasteiger partial charge < -0.3 is 9.30 Å². The third-order valence-electron chi connectivity index (χ3n) is 4.75. The van der Waals surface area contributed by atoms with E-state index in [-0.39, 0.29) is 12.0 Å². The number of hydrazine groups is 3. The van der Waals surface area contributed by atoms with Crippen LogP contribution in [-0.4, -0.2) is 21.1 Å². The molecule has 0 amide bonds. The average molecular weight is 397 g/mol. The molecule has 0 bridgehead atoms. The lowest BCUT2D eigenvalue weighted by Crippen LogP contribution is -2.33. The fourth-order valence-corrected chi connectivity index (χ4v) is 3.25. The van der Waals surface area contributed by atoms with Crippen LogP contribution < -0.4 is 26.7 Å². The number of unbranched alkanes of at least 4 members (excludes halogenated alkanes) is 1. The molecular formula is C20H24FN7O. The van der Waals surface area contributed by atoms with E-state index in [1.54, 1.807) is 18.6 Å².